The van der Waals surface area contributed by atoms with Crippen LogP contribution in [0.3, 0.4) is 0 Å². The highest BCUT2D eigenvalue weighted by Crippen LogP contribution is 2.30. The van der Waals surface area contributed by atoms with E-state index < -0.39 is 6.09 Å². The van der Waals surface area contributed by atoms with E-state index in [4.69, 9.17) is 4.74 Å². The normalized spacial score (nSPS) is 13.8. The van der Waals surface area contributed by atoms with Crippen LogP contribution in [0.2, 0.25) is 0 Å². The fraction of sp³-hybridized carbons (Fsp3) is 0.188. The van der Waals surface area contributed by atoms with Gasteiger partial charge in [-0.1, -0.05) is 0 Å². The lowest BCUT2D eigenvalue weighted by atomic mass is 10.1. The average Bonchev–Trinajstić information content (AvgIpc) is 3.02. The number of ether oxygens (including phenoxy) is 1. The van der Waals surface area contributed by atoms with E-state index >= 15 is 0 Å². The average molecular weight is 310 g/mol. The number of rotatable bonds is 2. The molecule has 4 rings (SSSR count). The lowest BCUT2D eigenvalue weighted by Gasteiger charge is -2.26. The lowest BCUT2D eigenvalue weighted by molar-refractivity contribution is 0.139. The fourth-order valence-electron chi connectivity index (χ4n) is 2.77. The maximum atomic E-state index is 11.2. The zero-order valence-corrected chi connectivity index (χ0v) is 12.2. The Hall–Kier alpha value is -3.09. The van der Waals surface area contributed by atoms with Crippen molar-refractivity contribution >= 4 is 17.0 Å². The Morgan fingerprint density at radius 1 is 1.30 bits per heavy atom. The van der Waals surface area contributed by atoms with E-state index in [1.54, 1.807) is 0 Å². The van der Waals surface area contributed by atoms with E-state index in [0.29, 0.717) is 24.6 Å². The molecule has 0 saturated carbocycles. The molecule has 0 aliphatic carbocycles. The van der Waals surface area contributed by atoms with Gasteiger partial charge in [-0.15, -0.1) is 0 Å². The van der Waals surface area contributed by atoms with Gasteiger partial charge in [0.15, 0.2) is 0 Å². The molecule has 2 aromatic heterocycles. The molecule has 0 spiro atoms. The van der Waals surface area contributed by atoms with Gasteiger partial charge in [0.1, 0.15) is 12.1 Å². The van der Waals surface area contributed by atoms with E-state index in [1.807, 2.05) is 30.5 Å². The van der Waals surface area contributed by atoms with Gasteiger partial charge in [0, 0.05) is 30.1 Å². The molecule has 0 unspecified atom stereocenters. The minimum atomic E-state index is -0.945. The third kappa shape index (κ3) is 2.46. The number of H-pyrrole nitrogens is 1. The topological polar surface area (TPSA) is 91.3 Å². The first-order chi connectivity index (χ1) is 11.2. The van der Waals surface area contributed by atoms with Crippen LogP contribution in [-0.4, -0.2) is 37.6 Å². The number of hydrogen-bond acceptors (Lipinski definition) is 4. The van der Waals surface area contributed by atoms with Gasteiger partial charge < -0.3 is 19.7 Å². The number of aromatic amines is 1. The quantitative estimate of drug-likeness (QED) is 0.759. The van der Waals surface area contributed by atoms with Crippen molar-refractivity contribution in [1.82, 2.24) is 19.9 Å². The third-order valence-corrected chi connectivity index (χ3v) is 3.97. The van der Waals surface area contributed by atoms with Crippen molar-refractivity contribution in [2.75, 3.05) is 6.54 Å². The third-order valence-electron chi connectivity index (χ3n) is 3.97. The summed E-state index contributed by atoms with van der Waals surface area (Å²) in [5.41, 5.74) is 2.60. The largest absolute Gasteiger partial charge is 0.465 e. The summed E-state index contributed by atoms with van der Waals surface area (Å²) in [6.07, 6.45) is 2.95. The Kier molecular flexibility index (Phi) is 3.11. The van der Waals surface area contributed by atoms with Crippen LogP contribution in [0.1, 0.15) is 11.3 Å². The molecule has 7 nitrogen and oxygen atoms in total. The summed E-state index contributed by atoms with van der Waals surface area (Å²) >= 11 is 0. The molecule has 116 valence electrons. The predicted molar refractivity (Wildman–Crippen MR) is 82.5 cm³/mol. The van der Waals surface area contributed by atoms with Crippen LogP contribution in [0.4, 0.5) is 4.79 Å². The summed E-state index contributed by atoms with van der Waals surface area (Å²) in [4.78, 5) is 24.1. The zero-order valence-electron chi connectivity index (χ0n) is 12.2. The molecule has 3 aromatic rings. The number of fused-ring (bicyclic) bond motifs is 2. The Morgan fingerprint density at radius 2 is 2.22 bits per heavy atom. The van der Waals surface area contributed by atoms with Crippen molar-refractivity contribution in [1.29, 1.82) is 0 Å². The first-order valence-electron chi connectivity index (χ1n) is 7.26. The van der Waals surface area contributed by atoms with Gasteiger partial charge in [0.25, 0.3) is 0 Å². The van der Waals surface area contributed by atoms with Gasteiger partial charge in [0.2, 0.25) is 5.88 Å². The highest BCUT2D eigenvalue weighted by Gasteiger charge is 2.25. The van der Waals surface area contributed by atoms with Gasteiger partial charge in [-0.05, 0) is 24.3 Å². The van der Waals surface area contributed by atoms with Crippen molar-refractivity contribution in [3.05, 3.63) is 48.0 Å². The smallest absolute Gasteiger partial charge is 0.407 e. The highest BCUT2D eigenvalue weighted by molar-refractivity contribution is 5.80. The molecule has 1 aromatic carbocycles. The molecular weight excluding hydrogens is 296 g/mol. The number of aromatic nitrogens is 3. The number of carbonyl (C=O) groups is 1. The summed E-state index contributed by atoms with van der Waals surface area (Å²) in [6.45, 7) is 0.682. The number of carboxylic acid groups (broad SMARTS) is 1. The number of nitrogens with zero attached hydrogens (tertiary/aromatic N) is 3. The fourth-order valence-corrected chi connectivity index (χ4v) is 2.77. The van der Waals surface area contributed by atoms with Crippen LogP contribution in [0, 0.1) is 0 Å². The minimum Gasteiger partial charge on any atom is -0.465 e. The lowest BCUT2D eigenvalue weighted by Crippen LogP contribution is -2.35. The second-order valence-corrected chi connectivity index (χ2v) is 5.39. The monoisotopic (exact) mass is 310 g/mol. The standard InChI is InChI=1S/C16H14N4O3/c21-16(22)20-6-4-14-12(8-20)15(19-9-18-14)23-11-1-2-13-10(7-11)3-5-17-13/h1-3,5,7,9,17H,4,6,8H2,(H,21,22). The molecule has 0 bridgehead atoms. The summed E-state index contributed by atoms with van der Waals surface area (Å²) < 4.78 is 5.90. The first kappa shape index (κ1) is 13.6. The second kappa shape index (κ2) is 5.28. The molecule has 0 atom stereocenters. The van der Waals surface area contributed by atoms with E-state index in [9.17, 15) is 9.90 Å². The van der Waals surface area contributed by atoms with Crippen LogP contribution >= 0.6 is 0 Å². The predicted octanol–water partition coefficient (Wildman–Crippen LogP) is 2.79. The van der Waals surface area contributed by atoms with Crippen molar-refractivity contribution in [2.45, 2.75) is 13.0 Å². The molecule has 23 heavy (non-hydrogen) atoms. The molecule has 2 N–H and O–H groups in total. The highest BCUT2D eigenvalue weighted by atomic mass is 16.5. The van der Waals surface area contributed by atoms with E-state index in [-0.39, 0.29) is 6.54 Å². The summed E-state index contributed by atoms with van der Waals surface area (Å²) in [6, 6.07) is 7.66. The maximum absolute atomic E-state index is 11.2. The van der Waals surface area contributed by atoms with Crippen molar-refractivity contribution < 1.29 is 14.6 Å². The first-order valence-corrected chi connectivity index (χ1v) is 7.26. The number of amides is 1. The molecule has 7 heteroatoms. The number of benzene rings is 1. The van der Waals surface area contributed by atoms with Crippen LogP contribution in [-0.2, 0) is 13.0 Å². The van der Waals surface area contributed by atoms with E-state index in [0.717, 1.165) is 22.2 Å². The van der Waals surface area contributed by atoms with Gasteiger partial charge in [-0.3, -0.25) is 0 Å². The molecule has 0 fully saturated rings. The number of hydrogen-bond donors (Lipinski definition) is 2. The van der Waals surface area contributed by atoms with Gasteiger partial charge in [-0.25, -0.2) is 14.8 Å². The van der Waals surface area contributed by atoms with Gasteiger partial charge in [0.05, 0.1) is 17.8 Å². The Bertz CT molecular complexity index is 890. The van der Waals surface area contributed by atoms with Gasteiger partial charge >= 0.3 is 6.09 Å². The van der Waals surface area contributed by atoms with Crippen LogP contribution < -0.4 is 4.74 Å². The zero-order chi connectivity index (χ0) is 15.8. The van der Waals surface area contributed by atoms with Gasteiger partial charge in [-0.2, -0.15) is 0 Å². The molecule has 0 radical (unpaired) electrons. The molecule has 1 amide bonds. The van der Waals surface area contributed by atoms with E-state index in [2.05, 4.69) is 15.0 Å². The molecule has 1 aliphatic heterocycles. The SMILES string of the molecule is O=C(O)N1CCc2ncnc(Oc3ccc4[nH]ccc4c3)c2C1. The second-order valence-electron chi connectivity index (χ2n) is 5.39. The summed E-state index contributed by atoms with van der Waals surface area (Å²) in [7, 11) is 0. The minimum absolute atomic E-state index is 0.243. The molecular formula is C16H14N4O3. The summed E-state index contributed by atoms with van der Waals surface area (Å²) in [5.74, 6) is 1.07. The number of nitrogens with one attached hydrogen (secondary N) is 1. The Morgan fingerprint density at radius 3 is 3.09 bits per heavy atom. The molecule has 3 heterocycles. The van der Waals surface area contributed by atoms with Crippen molar-refractivity contribution in [3.63, 3.8) is 0 Å². The Balaban J connectivity index is 1.68. The van der Waals surface area contributed by atoms with Crippen LogP contribution in [0.15, 0.2) is 36.8 Å². The van der Waals surface area contributed by atoms with Crippen molar-refractivity contribution in [2.24, 2.45) is 0 Å². The summed E-state index contributed by atoms with van der Waals surface area (Å²) in [5, 5.41) is 10.2. The maximum Gasteiger partial charge on any atom is 0.407 e. The van der Waals surface area contributed by atoms with Crippen molar-refractivity contribution in [3.8, 4) is 11.6 Å². The molecule has 1 aliphatic rings. The molecule has 0 saturated heterocycles. The van der Waals surface area contributed by atoms with Crippen LogP contribution in [0.5, 0.6) is 11.6 Å². The Labute approximate surface area is 131 Å². The van der Waals surface area contributed by atoms with Crippen LogP contribution in [0.25, 0.3) is 10.9 Å². The van der Waals surface area contributed by atoms with E-state index in [1.165, 1.54) is 11.2 Å².